The Kier molecular flexibility index (Phi) is 4.45. The highest BCUT2D eigenvalue weighted by molar-refractivity contribution is 5.99. The molecule has 2 atom stereocenters. The number of carbonyl (C=O) groups excluding carboxylic acids is 1. The molecule has 29 heavy (non-hydrogen) atoms. The van der Waals surface area contributed by atoms with Gasteiger partial charge in [-0.1, -0.05) is 31.0 Å². The van der Waals surface area contributed by atoms with E-state index in [0.29, 0.717) is 11.7 Å². The fourth-order valence-electron chi connectivity index (χ4n) is 5.03. The summed E-state index contributed by atoms with van der Waals surface area (Å²) in [5.41, 5.74) is 4.57. The number of fused-ring (bicyclic) bond motifs is 2. The van der Waals surface area contributed by atoms with Crippen LogP contribution in [0.15, 0.2) is 30.9 Å². The molecule has 1 amide bonds. The van der Waals surface area contributed by atoms with E-state index >= 15 is 0 Å². The average molecular weight is 390 g/mol. The monoisotopic (exact) mass is 390 g/mol. The second-order valence-electron chi connectivity index (χ2n) is 8.29. The van der Waals surface area contributed by atoms with Crippen LogP contribution in [0.2, 0.25) is 0 Å². The molecule has 0 spiro atoms. The first-order chi connectivity index (χ1) is 14.1. The van der Waals surface area contributed by atoms with Crippen molar-refractivity contribution in [2.75, 3.05) is 5.32 Å². The van der Waals surface area contributed by atoms with Crippen LogP contribution in [-0.4, -0.2) is 48.9 Å². The van der Waals surface area contributed by atoms with Gasteiger partial charge in [-0.2, -0.15) is 0 Å². The van der Waals surface area contributed by atoms with Gasteiger partial charge in [0.05, 0.1) is 12.4 Å². The van der Waals surface area contributed by atoms with Crippen molar-refractivity contribution in [2.24, 2.45) is 0 Å². The van der Waals surface area contributed by atoms with Crippen LogP contribution in [0.4, 0.5) is 5.82 Å². The number of aromatic nitrogens is 4. The molecular weight excluding hydrogens is 364 g/mol. The van der Waals surface area contributed by atoms with E-state index in [-0.39, 0.29) is 18.0 Å². The van der Waals surface area contributed by atoms with Crippen LogP contribution in [0, 0.1) is 6.92 Å². The Balaban J connectivity index is 1.50. The van der Waals surface area contributed by atoms with Crippen molar-refractivity contribution in [3.63, 3.8) is 0 Å². The second kappa shape index (κ2) is 7.13. The third kappa shape index (κ3) is 3.05. The number of rotatable bonds is 4. The lowest BCUT2D eigenvalue weighted by atomic mass is 9.86. The standard InChI is InChI=1S/C22H26N6O/c1-13-6-5-7-15-10-17(28(22(29)18(13)15)16-8-3-4-9-16)14(2)27-21-19-20(24-11-23-19)25-12-26-21/h5-7,11-12,14,16-17H,3-4,8-10H2,1-2H3,(H2,23,24,25,26,27). The molecular formula is C22H26N6O. The molecule has 1 aliphatic carbocycles. The number of aromatic amines is 1. The van der Waals surface area contributed by atoms with Crippen LogP contribution >= 0.6 is 0 Å². The Morgan fingerprint density at radius 3 is 2.86 bits per heavy atom. The molecule has 150 valence electrons. The van der Waals surface area contributed by atoms with E-state index in [9.17, 15) is 4.79 Å². The van der Waals surface area contributed by atoms with E-state index in [4.69, 9.17) is 0 Å². The molecule has 2 aromatic heterocycles. The molecule has 1 saturated carbocycles. The summed E-state index contributed by atoms with van der Waals surface area (Å²) in [7, 11) is 0. The topological polar surface area (TPSA) is 86.8 Å². The Bertz CT molecular complexity index is 1050. The summed E-state index contributed by atoms with van der Waals surface area (Å²) in [5.74, 6) is 0.915. The van der Waals surface area contributed by atoms with E-state index in [1.807, 2.05) is 13.0 Å². The first-order valence-electron chi connectivity index (χ1n) is 10.4. The number of aryl methyl sites for hydroxylation is 1. The van der Waals surface area contributed by atoms with Crippen molar-refractivity contribution in [2.45, 2.75) is 64.1 Å². The maximum atomic E-state index is 13.6. The van der Waals surface area contributed by atoms with Crippen molar-refractivity contribution in [3.8, 4) is 0 Å². The summed E-state index contributed by atoms with van der Waals surface area (Å²) in [6.45, 7) is 4.19. The molecule has 7 heteroatoms. The van der Waals surface area contributed by atoms with Gasteiger partial charge in [-0.15, -0.1) is 0 Å². The van der Waals surface area contributed by atoms with Crippen LogP contribution in [0.5, 0.6) is 0 Å². The van der Waals surface area contributed by atoms with Crippen molar-refractivity contribution in [1.29, 1.82) is 0 Å². The molecule has 0 radical (unpaired) electrons. The SMILES string of the molecule is Cc1cccc2c1C(=O)N(C1CCCC1)C(C(C)Nc1ncnc3nc[nH]c13)C2. The number of H-pyrrole nitrogens is 1. The zero-order valence-corrected chi connectivity index (χ0v) is 16.9. The third-order valence-corrected chi connectivity index (χ3v) is 6.48. The largest absolute Gasteiger partial charge is 0.364 e. The van der Waals surface area contributed by atoms with Gasteiger partial charge in [0, 0.05) is 17.6 Å². The quantitative estimate of drug-likeness (QED) is 0.712. The van der Waals surface area contributed by atoms with Crippen molar-refractivity contribution in [1.82, 2.24) is 24.8 Å². The summed E-state index contributed by atoms with van der Waals surface area (Å²) in [5, 5.41) is 3.54. The number of amides is 1. The number of hydrogen-bond donors (Lipinski definition) is 2. The highest BCUT2D eigenvalue weighted by Gasteiger charge is 2.40. The maximum absolute atomic E-state index is 13.6. The highest BCUT2D eigenvalue weighted by atomic mass is 16.2. The molecule has 2 N–H and O–H groups in total. The zero-order chi connectivity index (χ0) is 20.0. The number of nitrogens with zero attached hydrogens (tertiary/aromatic N) is 4. The number of imidazole rings is 1. The number of nitrogens with one attached hydrogen (secondary N) is 2. The fourth-order valence-corrected chi connectivity index (χ4v) is 5.03. The minimum atomic E-state index is 0.0367. The predicted octanol–water partition coefficient (Wildman–Crippen LogP) is 3.47. The third-order valence-electron chi connectivity index (χ3n) is 6.48. The predicted molar refractivity (Wildman–Crippen MR) is 112 cm³/mol. The molecule has 5 rings (SSSR count). The summed E-state index contributed by atoms with van der Waals surface area (Å²) in [4.78, 5) is 31.7. The second-order valence-corrected chi connectivity index (χ2v) is 8.29. The van der Waals surface area contributed by atoms with Crippen LogP contribution < -0.4 is 5.32 Å². The molecule has 0 saturated heterocycles. The molecule has 1 aliphatic heterocycles. The van der Waals surface area contributed by atoms with Crippen molar-refractivity contribution in [3.05, 3.63) is 47.5 Å². The van der Waals surface area contributed by atoms with Gasteiger partial charge >= 0.3 is 0 Å². The zero-order valence-electron chi connectivity index (χ0n) is 16.9. The lowest BCUT2D eigenvalue weighted by molar-refractivity contribution is 0.0519. The normalized spacial score (nSPS) is 20.8. The summed E-state index contributed by atoms with van der Waals surface area (Å²) >= 11 is 0. The number of benzene rings is 1. The number of carbonyl (C=O) groups is 1. The van der Waals surface area contributed by atoms with Crippen LogP contribution in [0.25, 0.3) is 11.2 Å². The van der Waals surface area contributed by atoms with E-state index < -0.39 is 0 Å². The van der Waals surface area contributed by atoms with Crippen LogP contribution in [-0.2, 0) is 6.42 Å². The van der Waals surface area contributed by atoms with Gasteiger partial charge in [0.15, 0.2) is 11.5 Å². The van der Waals surface area contributed by atoms with Crippen molar-refractivity contribution < 1.29 is 4.79 Å². The molecule has 1 fully saturated rings. The van der Waals surface area contributed by atoms with Crippen LogP contribution in [0.1, 0.15) is 54.1 Å². The number of anilines is 1. The summed E-state index contributed by atoms with van der Waals surface area (Å²) in [6, 6.07) is 6.63. The highest BCUT2D eigenvalue weighted by Crippen LogP contribution is 2.35. The Morgan fingerprint density at radius 2 is 2.03 bits per heavy atom. The minimum Gasteiger partial charge on any atom is -0.364 e. The van der Waals surface area contributed by atoms with Crippen LogP contribution in [0.3, 0.4) is 0 Å². The first kappa shape index (κ1) is 18.1. The summed E-state index contributed by atoms with van der Waals surface area (Å²) in [6.07, 6.45) is 8.59. The van der Waals surface area contributed by atoms with E-state index in [0.717, 1.165) is 47.3 Å². The van der Waals surface area contributed by atoms with Gasteiger partial charge in [-0.05, 0) is 44.2 Å². The first-order valence-corrected chi connectivity index (χ1v) is 10.4. The fraction of sp³-hybridized carbons (Fsp3) is 0.455. The van der Waals surface area contributed by atoms with Gasteiger partial charge in [-0.25, -0.2) is 15.0 Å². The molecule has 7 nitrogen and oxygen atoms in total. The molecule has 1 aromatic carbocycles. The number of hydrogen-bond acceptors (Lipinski definition) is 5. The molecule has 3 aromatic rings. The molecule has 2 aliphatic rings. The van der Waals surface area contributed by atoms with Gasteiger partial charge < -0.3 is 15.2 Å². The Labute approximate surface area is 170 Å². The smallest absolute Gasteiger partial charge is 0.254 e. The van der Waals surface area contributed by atoms with Crippen molar-refractivity contribution >= 4 is 22.9 Å². The lowest BCUT2D eigenvalue weighted by Gasteiger charge is -2.44. The van der Waals surface area contributed by atoms with E-state index in [1.165, 1.54) is 19.2 Å². The van der Waals surface area contributed by atoms with Gasteiger partial charge in [0.2, 0.25) is 0 Å². The molecule has 2 unspecified atom stereocenters. The van der Waals surface area contributed by atoms with E-state index in [1.54, 1.807) is 6.33 Å². The molecule has 3 heterocycles. The Hall–Kier alpha value is -2.96. The Morgan fingerprint density at radius 1 is 1.21 bits per heavy atom. The summed E-state index contributed by atoms with van der Waals surface area (Å²) < 4.78 is 0. The minimum absolute atomic E-state index is 0.0367. The van der Waals surface area contributed by atoms with Gasteiger partial charge in [0.1, 0.15) is 11.8 Å². The van der Waals surface area contributed by atoms with E-state index in [2.05, 4.69) is 49.2 Å². The lowest BCUT2D eigenvalue weighted by Crippen LogP contribution is -2.56. The average Bonchev–Trinajstić information content (AvgIpc) is 3.40. The van der Waals surface area contributed by atoms with Gasteiger partial charge in [0.25, 0.3) is 5.91 Å². The van der Waals surface area contributed by atoms with Gasteiger partial charge in [-0.3, -0.25) is 4.79 Å². The maximum Gasteiger partial charge on any atom is 0.254 e. The molecule has 0 bridgehead atoms.